The minimum atomic E-state index is 0. The molecule has 0 bridgehead atoms. The minimum Gasteiger partial charge on any atom is -0.508 e. The number of nitrogens with zero attached hydrogens (tertiary/aromatic N) is 1. The van der Waals surface area contributed by atoms with Crippen molar-refractivity contribution in [3.8, 4) is 11.5 Å². The van der Waals surface area contributed by atoms with Crippen LogP contribution in [0.3, 0.4) is 0 Å². The highest BCUT2D eigenvalue weighted by atomic mass is 127. The van der Waals surface area contributed by atoms with Gasteiger partial charge in [0.15, 0.2) is 5.96 Å². The first kappa shape index (κ1) is 22.1. The first-order valence-electron chi connectivity index (χ1n) is 9.57. The summed E-state index contributed by atoms with van der Waals surface area (Å²) in [6.45, 7) is 3.56. The molecule has 1 spiro atoms. The second kappa shape index (κ2) is 9.82. The zero-order chi connectivity index (χ0) is 18.6. The highest BCUT2D eigenvalue weighted by Crippen LogP contribution is 2.57. The van der Waals surface area contributed by atoms with Crippen LogP contribution in [0, 0.1) is 5.41 Å². The summed E-state index contributed by atoms with van der Waals surface area (Å²) < 4.78 is 11.0. The Labute approximate surface area is 179 Å². The quantitative estimate of drug-likeness (QED) is 0.312. The van der Waals surface area contributed by atoms with Crippen molar-refractivity contribution in [2.24, 2.45) is 10.4 Å². The smallest absolute Gasteiger partial charge is 0.191 e. The van der Waals surface area contributed by atoms with E-state index < -0.39 is 0 Å². The van der Waals surface area contributed by atoms with Gasteiger partial charge in [-0.2, -0.15) is 0 Å². The number of phenolic OH excluding ortho intramolecular Hbond substituents is 1. The van der Waals surface area contributed by atoms with Crippen molar-refractivity contribution in [3.63, 3.8) is 0 Å². The van der Waals surface area contributed by atoms with Gasteiger partial charge in [0, 0.05) is 37.7 Å². The zero-order valence-corrected chi connectivity index (χ0v) is 18.8. The Bertz CT molecular complexity index is 649. The highest BCUT2D eigenvalue weighted by molar-refractivity contribution is 14.0. The van der Waals surface area contributed by atoms with Gasteiger partial charge in [-0.1, -0.05) is 12.5 Å². The fraction of sp³-hybridized carbons (Fsp3) is 0.650. The standard InChI is InChI=1S/C20H31N3O3.HI/c1-4-26-18-13-17(20(18)9-5-10-20)23-19(21-2)22-11-8-14-6-7-15(25-3)12-16(14)24;/h6-7,12,17-18,24H,4-5,8-11,13H2,1-3H3,(H2,21,22,23);1H. The molecule has 0 radical (unpaired) electrons. The van der Waals surface area contributed by atoms with Crippen molar-refractivity contribution in [2.45, 2.75) is 51.2 Å². The van der Waals surface area contributed by atoms with Crippen LogP contribution < -0.4 is 15.4 Å². The van der Waals surface area contributed by atoms with Crippen molar-refractivity contribution in [1.82, 2.24) is 10.6 Å². The Morgan fingerprint density at radius 3 is 2.70 bits per heavy atom. The molecule has 0 heterocycles. The SMILES string of the molecule is CCOC1CC(NC(=NC)NCCc2ccc(OC)cc2O)C12CCC2.I. The third kappa shape index (κ3) is 4.62. The molecule has 2 saturated carbocycles. The van der Waals surface area contributed by atoms with Crippen LogP contribution in [0.5, 0.6) is 11.5 Å². The van der Waals surface area contributed by atoms with Crippen LogP contribution in [0.15, 0.2) is 23.2 Å². The lowest BCUT2D eigenvalue weighted by Crippen LogP contribution is -2.68. The summed E-state index contributed by atoms with van der Waals surface area (Å²) in [5.41, 5.74) is 1.20. The summed E-state index contributed by atoms with van der Waals surface area (Å²) in [7, 11) is 3.39. The van der Waals surface area contributed by atoms with Gasteiger partial charge >= 0.3 is 0 Å². The van der Waals surface area contributed by atoms with E-state index in [-0.39, 0.29) is 29.7 Å². The van der Waals surface area contributed by atoms with Crippen molar-refractivity contribution in [1.29, 1.82) is 0 Å². The first-order chi connectivity index (χ1) is 12.6. The maximum absolute atomic E-state index is 10.1. The number of rotatable bonds is 7. The lowest BCUT2D eigenvalue weighted by molar-refractivity contribution is -0.168. The van der Waals surface area contributed by atoms with Crippen molar-refractivity contribution in [2.75, 3.05) is 27.3 Å². The van der Waals surface area contributed by atoms with Gasteiger partial charge in [0.25, 0.3) is 0 Å². The van der Waals surface area contributed by atoms with Crippen LogP contribution in [0.2, 0.25) is 0 Å². The molecule has 2 unspecified atom stereocenters. The van der Waals surface area contributed by atoms with E-state index in [9.17, 15) is 5.11 Å². The van der Waals surface area contributed by atoms with Crippen LogP contribution in [0.25, 0.3) is 0 Å². The number of guanidine groups is 1. The van der Waals surface area contributed by atoms with Gasteiger partial charge in [-0.05, 0) is 44.2 Å². The maximum atomic E-state index is 10.1. The lowest BCUT2D eigenvalue weighted by atomic mass is 9.51. The number of nitrogens with one attached hydrogen (secondary N) is 2. The van der Waals surface area contributed by atoms with E-state index >= 15 is 0 Å². The van der Waals surface area contributed by atoms with Crippen LogP contribution >= 0.6 is 24.0 Å². The van der Waals surface area contributed by atoms with Crippen molar-refractivity contribution >= 4 is 29.9 Å². The third-order valence-electron chi connectivity index (χ3n) is 5.95. The number of halogens is 1. The number of aliphatic imine (C=N–C) groups is 1. The normalized spacial score (nSPS) is 23.0. The van der Waals surface area contributed by atoms with Crippen LogP contribution in [0.4, 0.5) is 0 Å². The molecule has 1 aromatic carbocycles. The van der Waals surface area contributed by atoms with E-state index in [1.165, 1.54) is 19.3 Å². The third-order valence-corrected chi connectivity index (χ3v) is 5.95. The van der Waals surface area contributed by atoms with Gasteiger partial charge < -0.3 is 25.2 Å². The topological polar surface area (TPSA) is 75.1 Å². The molecule has 0 amide bonds. The molecule has 2 aliphatic carbocycles. The van der Waals surface area contributed by atoms with Gasteiger partial charge in [-0.3, -0.25) is 4.99 Å². The minimum absolute atomic E-state index is 0. The van der Waals surface area contributed by atoms with E-state index in [1.54, 1.807) is 20.2 Å². The summed E-state index contributed by atoms with van der Waals surface area (Å²) in [5, 5.41) is 17.0. The number of hydrogen-bond donors (Lipinski definition) is 3. The Morgan fingerprint density at radius 1 is 1.37 bits per heavy atom. The molecule has 2 atom stereocenters. The number of benzene rings is 1. The van der Waals surface area contributed by atoms with Gasteiger partial charge in [-0.25, -0.2) is 0 Å². The van der Waals surface area contributed by atoms with Gasteiger partial charge in [0.2, 0.25) is 0 Å². The molecular weight excluding hydrogens is 457 g/mol. The van der Waals surface area contributed by atoms with Crippen LogP contribution in [-0.2, 0) is 11.2 Å². The molecule has 6 nitrogen and oxygen atoms in total. The predicted molar refractivity (Wildman–Crippen MR) is 118 cm³/mol. The average Bonchev–Trinajstić information content (AvgIpc) is 2.59. The van der Waals surface area contributed by atoms with E-state index in [4.69, 9.17) is 9.47 Å². The molecule has 0 aliphatic heterocycles. The molecule has 2 fully saturated rings. The maximum Gasteiger partial charge on any atom is 0.191 e. The van der Waals surface area contributed by atoms with Crippen molar-refractivity contribution < 1.29 is 14.6 Å². The largest absolute Gasteiger partial charge is 0.508 e. The second-order valence-corrected chi connectivity index (χ2v) is 7.21. The number of phenols is 1. The first-order valence-corrected chi connectivity index (χ1v) is 9.57. The second-order valence-electron chi connectivity index (χ2n) is 7.21. The Kier molecular flexibility index (Phi) is 8.03. The molecule has 3 rings (SSSR count). The molecule has 3 N–H and O–H groups in total. The summed E-state index contributed by atoms with van der Waals surface area (Å²) >= 11 is 0. The molecule has 1 aromatic rings. The number of ether oxygens (including phenoxy) is 2. The molecular formula is C20H32IN3O3. The van der Waals surface area contributed by atoms with Gasteiger partial charge in [0.1, 0.15) is 11.5 Å². The summed E-state index contributed by atoms with van der Waals surface area (Å²) in [6.07, 6.45) is 5.94. The number of aromatic hydroxyl groups is 1. The molecule has 7 heteroatoms. The fourth-order valence-corrected chi connectivity index (χ4v) is 4.20. The van der Waals surface area contributed by atoms with E-state index in [0.29, 0.717) is 36.3 Å². The molecule has 27 heavy (non-hydrogen) atoms. The molecule has 2 aliphatic rings. The monoisotopic (exact) mass is 489 g/mol. The van der Waals surface area contributed by atoms with E-state index in [0.717, 1.165) is 24.6 Å². The summed E-state index contributed by atoms with van der Waals surface area (Å²) in [4.78, 5) is 4.36. The zero-order valence-electron chi connectivity index (χ0n) is 16.5. The Hall–Kier alpha value is -1.22. The van der Waals surface area contributed by atoms with Gasteiger partial charge in [0.05, 0.1) is 13.2 Å². The molecule has 0 saturated heterocycles. The Morgan fingerprint density at radius 2 is 2.15 bits per heavy atom. The predicted octanol–water partition coefficient (Wildman–Crippen LogP) is 3.07. The van der Waals surface area contributed by atoms with E-state index in [2.05, 4.69) is 22.5 Å². The highest BCUT2D eigenvalue weighted by Gasteiger charge is 2.59. The molecule has 152 valence electrons. The summed E-state index contributed by atoms with van der Waals surface area (Å²) in [6, 6.07) is 5.84. The number of methoxy groups -OCH3 is 1. The van der Waals surface area contributed by atoms with Crippen molar-refractivity contribution in [3.05, 3.63) is 23.8 Å². The summed E-state index contributed by atoms with van der Waals surface area (Å²) in [5.74, 6) is 1.75. The average molecular weight is 489 g/mol. The van der Waals surface area contributed by atoms with E-state index in [1.807, 2.05) is 12.1 Å². The molecule has 0 aromatic heterocycles. The Balaban J connectivity index is 0.00000261. The van der Waals surface area contributed by atoms with Crippen LogP contribution in [-0.4, -0.2) is 50.5 Å². The lowest BCUT2D eigenvalue weighted by Gasteiger charge is -2.61. The van der Waals surface area contributed by atoms with Gasteiger partial charge in [-0.15, -0.1) is 24.0 Å². The number of hydrogen-bond acceptors (Lipinski definition) is 4. The van der Waals surface area contributed by atoms with Crippen LogP contribution in [0.1, 0.15) is 38.2 Å². The fourth-order valence-electron chi connectivity index (χ4n) is 4.20.